The third-order valence-electron chi connectivity index (χ3n) is 2.21. The molecule has 1 aromatic rings. The standard InChI is InChI=1S/C11H11FO3/c1-2-14-11(13)10-9(15-10)7-3-5-8(12)6-4-7/h3-6,9-10H,2H2,1H3/t9-,10+/m1/s1. The molecule has 2 rings (SSSR count). The second kappa shape index (κ2) is 3.98. The molecule has 0 N–H and O–H groups in total. The van der Waals surface area contributed by atoms with Crippen LogP contribution in [0.5, 0.6) is 0 Å². The summed E-state index contributed by atoms with van der Waals surface area (Å²) in [7, 11) is 0. The molecule has 0 spiro atoms. The Balaban J connectivity index is 1.98. The van der Waals surface area contributed by atoms with E-state index >= 15 is 0 Å². The minimum atomic E-state index is -0.518. The summed E-state index contributed by atoms with van der Waals surface area (Å²) in [6, 6.07) is 5.91. The zero-order valence-electron chi connectivity index (χ0n) is 8.27. The summed E-state index contributed by atoms with van der Waals surface area (Å²) in [6.07, 6.45) is -0.792. The van der Waals surface area contributed by atoms with Crippen LogP contribution in [0.3, 0.4) is 0 Å². The van der Waals surface area contributed by atoms with Crippen LogP contribution in [0.25, 0.3) is 0 Å². The molecule has 4 heteroatoms. The molecule has 1 saturated heterocycles. The van der Waals surface area contributed by atoms with Crippen LogP contribution in [-0.4, -0.2) is 18.7 Å². The normalized spacial score (nSPS) is 23.6. The number of hydrogen-bond acceptors (Lipinski definition) is 3. The van der Waals surface area contributed by atoms with Crippen LogP contribution in [0, 0.1) is 5.82 Å². The molecule has 1 aliphatic heterocycles. The number of rotatable bonds is 3. The molecule has 0 radical (unpaired) electrons. The molecule has 15 heavy (non-hydrogen) atoms. The first kappa shape index (κ1) is 10.1. The van der Waals surface area contributed by atoms with Crippen LogP contribution >= 0.6 is 0 Å². The van der Waals surface area contributed by atoms with E-state index in [9.17, 15) is 9.18 Å². The Bertz CT molecular complexity index is 361. The lowest BCUT2D eigenvalue weighted by atomic mass is 10.1. The second-order valence-electron chi connectivity index (χ2n) is 3.28. The summed E-state index contributed by atoms with van der Waals surface area (Å²) in [6.45, 7) is 2.09. The molecule has 1 aliphatic rings. The average Bonchev–Trinajstić information content (AvgIpc) is 2.99. The van der Waals surface area contributed by atoms with Gasteiger partial charge in [0.2, 0.25) is 0 Å². The molecule has 1 fully saturated rings. The van der Waals surface area contributed by atoms with E-state index in [0.717, 1.165) is 5.56 Å². The molecule has 0 saturated carbocycles. The lowest BCUT2D eigenvalue weighted by molar-refractivity contribution is -0.144. The van der Waals surface area contributed by atoms with E-state index in [1.165, 1.54) is 12.1 Å². The maximum atomic E-state index is 12.6. The predicted molar refractivity (Wildman–Crippen MR) is 50.6 cm³/mol. The van der Waals surface area contributed by atoms with Gasteiger partial charge in [0.25, 0.3) is 0 Å². The Kier molecular flexibility index (Phi) is 2.68. The number of benzene rings is 1. The van der Waals surface area contributed by atoms with Crippen molar-refractivity contribution in [2.45, 2.75) is 19.1 Å². The first-order valence-electron chi connectivity index (χ1n) is 4.80. The zero-order chi connectivity index (χ0) is 10.8. The van der Waals surface area contributed by atoms with E-state index in [0.29, 0.717) is 6.61 Å². The van der Waals surface area contributed by atoms with E-state index in [1.807, 2.05) is 0 Å². The Hall–Kier alpha value is -1.42. The fourth-order valence-electron chi connectivity index (χ4n) is 1.42. The third-order valence-corrected chi connectivity index (χ3v) is 2.21. The smallest absolute Gasteiger partial charge is 0.338 e. The summed E-state index contributed by atoms with van der Waals surface area (Å²) in [5.41, 5.74) is 0.800. The molecule has 80 valence electrons. The van der Waals surface area contributed by atoms with E-state index < -0.39 is 6.10 Å². The van der Waals surface area contributed by atoms with Gasteiger partial charge in [-0.05, 0) is 24.6 Å². The molecular weight excluding hydrogens is 199 g/mol. The van der Waals surface area contributed by atoms with Crippen LogP contribution in [0.4, 0.5) is 4.39 Å². The first-order chi connectivity index (χ1) is 7.22. The topological polar surface area (TPSA) is 38.8 Å². The maximum Gasteiger partial charge on any atom is 0.338 e. The lowest BCUT2D eigenvalue weighted by Crippen LogP contribution is -2.11. The minimum absolute atomic E-state index is 0.273. The van der Waals surface area contributed by atoms with Crippen molar-refractivity contribution >= 4 is 5.97 Å². The molecule has 0 amide bonds. The molecule has 2 atom stereocenters. The highest BCUT2D eigenvalue weighted by molar-refractivity contribution is 5.78. The summed E-state index contributed by atoms with van der Waals surface area (Å²) >= 11 is 0. The summed E-state index contributed by atoms with van der Waals surface area (Å²) in [5, 5.41) is 0. The van der Waals surface area contributed by atoms with Crippen LogP contribution < -0.4 is 0 Å². The van der Waals surface area contributed by atoms with E-state index in [2.05, 4.69) is 0 Å². The molecule has 0 aliphatic carbocycles. The molecule has 0 bridgehead atoms. The van der Waals surface area contributed by atoms with Gasteiger partial charge in [-0.2, -0.15) is 0 Å². The first-order valence-corrected chi connectivity index (χ1v) is 4.80. The fourth-order valence-corrected chi connectivity index (χ4v) is 1.42. The summed E-state index contributed by atoms with van der Waals surface area (Å²) in [4.78, 5) is 11.2. The van der Waals surface area contributed by atoms with Gasteiger partial charge < -0.3 is 9.47 Å². The number of epoxide rings is 1. The number of hydrogen-bond donors (Lipinski definition) is 0. The van der Waals surface area contributed by atoms with Crippen molar-refractivity contribution in [2.75, 3.05) is 6.61 Å². The van der Waals surface area contributed by atoms with Gasteiger partial charge in [-0.3, -0.25) is 0 Å². The minimum Gasteiger partial charge on any atom is -0.464 e. The van der Waals surface area contributed by atoms with Gasteiger partial charge >= 0.3 is 5.97 Å². The van der Waals surface area contributed by atoms with Crippen LogP contribution in [0.2, 0.25) is 0 Å². The second-order valence-corrected chi connectivity index (χ2v) is 3.28. The van der Waals surface area contributed by atoms with Gasteiger partial charge in [-0.25, -0.2) is 9.18 Å². The van der Waals surface area contributed by atoms with Gasteiger partial charge in [-0.15, -0.1) is 0 Å². The van der Waals surface area contributed by atoms with Crippen LogP contribution in [-0.2, 0) is 14.3 Å². The number of carbonyl (C=O) groups is 1. The monoisotopic (exact) mass is 210 g/mol. The SMILES string of the molecule is CCOC(=O)[C@H]1O[C@@H]1c1ccc(F)cc1. The summed E-state index contributed by atoms with van der Waals surface area (Å²) in [5.74, 6) is -0.654. The molecular formula is C11H11FO3. The van der Waals surface area contributed by atoms with Gasteiger partial charge in [0.05, 0.1) is 6.61 Å². The summed E-state index contributed by atoms with van der Waals surface area (Å²) < 4.78 is 22.6. The Morgan fingerprint density at radius 3 is 2.73 bits per heavy atom. The maximum absolute atomic E-state index is 12.6. The Labute approximate surface area is 86.8 Å². The molecule has 0 aromatic heterocycles. The van der Waals surface area contributed by atoms with Crippen LogP contribution in [0.1, 0.15) is 18.6 Å². The highest BCUT2D eigenvalue weighted by Crippen LogP contribution is 2.39. The predicted octanol–water partition coefficient (Wildman–Crippen LogP) is 1.83. The van der Waals surface area contributed by atoms with E-state index in [1.54, 1.807) is 19.1 Å². The molecule has 1 aromatic carbocycles. The molecule has 3 nitrogen and oxygen atoms in total. The highest BCUT2D eigenvalue weighted by Gasteiger charge is 2.47. The number of carbonyl (C=O) groups excluding carboxylic acids is 1. The van der Waals surface area contributed by atoms with Crippen molar-refractivity contribution in [3.63, 3.8) is 0 Å². The fraction of sp³-hybridized carbons (Fsp3) is 0.364. The Morgan fingerprint density at radius 2 is 2.13 bits per heavy atom. The third kappa shape index (κ3) is 2.15. The van der Waals surface area contributed by atoms with Crippen molar-refractivity contribution in [2.24, 2.45) is 0 Å². The zero-order valence-corrected chi connectivity index (χ0v) is 8.27. The lowest BCUT2D eigenvalue weighted by Gasteiger charge is -1.97. The number of ether oxygens (including phenoxy) is 2. The highest BCUT2D eigenvalue weighted by atomic mass is 19.1. The van der Waals surface area contributed by atoms with Crippen LogP contribution in [0.15, 0.2) is 24.3 Å². The van der Waals surface area contributed by atoms with Crippen molar-refractivity contribution in [1.29, 1.82) is 0 Å². The van der Waals surface area contributed by atoms with Crippen molar-refractivity contribution < 1.29 is 18.7 Å². The van der Waals surface area contributed by atoms with Crippen molar-refractivity contribution in [1.82, 2.24) is 0 Å². The molecule has 1 heterocycles. The molecule has 0 unspecified atom stereocenters. The van der Waals surface area contributed by atoms with Gasteiger partial charge in [0.1, 0.15) is 11.9 Å². The number of esters is 1. The van der Waals surface area contributed by atoms with Gasteiger partial charge in [0, 0.05) is 0 Å². The van der Waals surface area contributed by atoms with Crippen molar-refractivity contribution in [3.05, 3.63) is 35.6 Å². The van der Waals surface area contributed by atoms with Crippen molar-refractivity contribution in [3.8, 4) is 0 Å². The van der Waals surface area contributed by atoms with Gasteiger partial charge in [0.15, 0.2) is 6.10 Å². The van der Waals surface area contributed by atoms with E-state index in [-0.39, 0.29) is 17.9 Å². The number of halogens is 1. The Morgan fingerprint density at radius 1 is 1.47 bits per heavy atom. The van der Waals surface area contributed by atoms with E-state index in [4.69, 9.17) is 9.47 Å². The largest absolute Gasteiger partial charge is 0.464 e. The average molecular weight is 210 g/mol. The quantitative estimate of drug-likeness (QED) is 0.564. The van der Waals surface area contributed by atoms with Gasteiger partial charge in [-0.1, -0.05) is 12.1 Å².